The summed E-state index contributed by atoms with van der Waals surface area (Å²) >= 11 is 2.09. The zero-order valence-corrected chi connectivity index (χ0v) is 13.5. The van der Waals surface area contributed by atoms with E-state index < -0.39 is 11.5 Å². The molecule has 1 saturated carbocycles. The molecular formula is C15H18INO3. The maximum Gasteiger partial charge on any atom is 0.329 e. The van der Waals surface area contributed by atoms with Crippen LogP contribution in [0.5, 0.6) is 0 Å². The van der Waals surface area contributed by atoms with Crippen LogP contribution in [-0.4, -0.2) is 22.5 Å². The van der Waals surface area contributed by atoms with Crippen LogP contribution in [0.2, 0.25) is 0 Å². The average molecular weight is 387 g/mol. The third-order valence-electron chi connectivity index (χ3n) is 4.01. The molecule has 108 valence electrons. The van der Waals surface area contributed by atoms with Crippen LogP contribution < -0.4 is 5.32 Å². The summed E-state index contributed by atoms with van der Waals surface area (Å²) in [6, 6.07) is 7.20. The van der Waals surface area contributed by atoms with Crippen molar-refractivity contribution >= 4 is 34.5 Å². The minimum absolute atomic E-state index is 0.299. The van der Waals surface area contributed by atoms with Gasteiger partial charge in [0.25, 0.3) is 5.91 Å². The summed E-state index contributed by atoms with van der Waals surface area (Å²) in [5.74, 6) is -0.702. The molecule has 0 saturated heterocycles. The average Bonchev–Trinajstić information content (AvgIpc) is 2.41. The SMILES string of the molecule is CC1CCC(NC(=O)c2ccccc2I)(C(=O)O)CC1. The smallest absolute Gasteiger partial charge is 0.329 e. The van der Waals surface area contributed by atoms with Crippen LogP contribution in [-0.2, 0) is 4.79 Å². The Bertz CT molecular complexity index is 522. The molecule has 5 heteroatoms. The molecule has 0 spiro atoms. The number of hydrogen-bond donors (Lipinski definition) is 2. The van der Waals surface area contributed by atoms with Crippen LogP contribution in [0.4, 0.5) is 0 Å². The van der Waals surface area contributed by atoms with Crippen molar-refractivity contribution in [1.29, 1.82) is 0 Å². The van der Waals surface area contributed by atoms with E-state index in [0.29, 0.717) is 24.3 Å². The van der Waals surface area contributed by atoms with E-state index in [1.165, 1.54) is 0 Å². The molecule has 1 aliphatic rings. The Hall–Kier alpha value is -1.11. The summed E-state index contributed by atoms with van der Waals surface area (Å²) < 4.78 is 0.826. The number of nitrogens with one attached hydrogen (secondary N) is 1. The summed E-state index contributed by atoms with van der Waals surface area (Å²) in [7, 11) is 0. The molecule has 1 aromatic carbocycles. The van der Waals surface area contributed by atoms with Crippen molar-refractivity contribution in [3.63, 3.8) is 0 Å². The van der Waals surface area contributed by atoms with Gasteiger partial charge in [-0.25, -0.2) is 4.79 Å². The lowest BCUT2D eigenvalue weighted by molar-refractivity contribution is -0.146. The Labute approximate surface area is 132 Å². The summed E-state index contributed by atoms with van der Waals surface area (Å²) in [4.78, 5) is 24.0. The van der Waals surface area contributed by atoms with E-state index in [0.717, 1.165) is 16.4 Å². The van der Waals surface area contributed by atoms with E-state index in [4.69, 9.17) is 0 Å². The molecule has 1 amide bonds. The highest BCUT2D eigenvalue weighted by Gasteiger charge is 2.42. The van der Waals surface area contributed by atoms with Gasteiger partial charge in [-0.3, -0.25) is 4.79 Å². The van der Waals surface area contributed by atoms with Gasteiger partial charge in [-0.2, -0.15) is 0 Å². The Morgan fingerprint density at radius 2 is 1.90 bits per heavy atom. The maximum absolute atomic E-state index is 12.3. The topological polar surface area (TPSA) is 66.4 Å². The Morgan fingerprint density at radius 1 is 1.30 bits per heavy atom. The summed E-state index contributed by atoms with van der Waals surface area (Å²) in [5.41, 5.74) is -0.574. The van der Waals surface area contributed by atoms with Gasteiger partial charge in [0.15, 0.2) is 0 Å². The van der Waals surface area contributed by atoms with Crippen LogP contribution in [0.1, 0.15) is 43.0 Å². The lowest BCUT2D eigenvalue weighted by atomic mass is 9.77. The molecular weight excluding hydrogens is 369 g/mol. The van der Waals surface area contributed by atoms with Gasteiger partial charge in [-0.1, -0.05) is 19.1 Å². The Morgan fingerprint density at radius 3 is 2.45 bits per heavy atom. The number of aliphatic carboxylic acids is 1. The van der Waals surface area contributed by atoms with Gasteiger partial charge in [-0.05, 0) is 66.3 Å². The van der Waals surface area contributed by atoms with Gasteiger partial charge >= 0.3 is 5.97 Å². The van der Waals surface area contributed by atoms with Gasteiger partial charge in [0.05, 0.1) is 5.56 Å². The highest BCUT2D eigenvalue weighted by atomic mass is 127. The highest BCUT2D eigenvalue weighted by Crippen LogP contribution is 2.32. The third kappa shape index (κ3) is 3.13. The number of rotatable bonds is 3. The van der Waals surface area contributed by atoms with Crippen LogP contribution in [0.3, 0.4) is 0 Å². The number of carboxylic acid groups (broad SMARTS) is 1. The largest absolute Gasteiger partial charge is 0.480 e. The number of amides is 1. The standard InChI is InChI=1S/C15H18INO3/c1-10-6-8-15(9-7-10,14(19)20)17-13(18)11-4-2-3-5-12(11)16/h2-5,10H,6-9H2,1H3,(H,17,18)(H,19,20). The molecule has 0 heterocycles. The quantitative estimate of drug-likeness (QED) is 0.784. The molecule has 1 aliphatic carbocycles. The molecule has 2 N–H and O–H groups in total. The second-order valence-electron chi connectivity index (χ2n) is 5.50. The number of halogens is 1. The molecule has 0 radical (unpaired) electrons. The minimum Gasteiger partial charge on any atom is -0.480 e. The van der Waals surface area contributed by atoms with E-state index in [9.17, 15) is 14.7 Å². The zero-order valence-electron chi connectivity index (χ0n) is 11.4. The van der Waals surface area contributed by atoms with E-state index >= 15 is 0 Å². The summed E-state index contributed by atoms with van der Waals surface area (Å²) in [5, 5.41) is 12.3. The number of benzene rings is 1. The number of hydrogen-bond acceptors (Lipinski definition) is 2. The predicted octanol–water partition coefficient (Wildman–Crippen LogP) is 3.05. The number of carbonyl (C=O) groups excluding carboxylic acids is 1. The summed E-state index contributed by atoms with van der Waals surface area (Å²) in [6.07, 6.45) is 2.66. The van der Waals surface area contributed by atoms with E-state index in [2.05, 4.69) is 34.8 Å². The van der Waals surface area contributed by atoms with Crippen molar-refractivity contribution in [3.05, 3.63) is 33.4 Å². The monoisotopic (exact) mass is 387 g/mol. The normalized spacial score (nSPS) is 26.0. The van der Waals surface area contributed by atoms with E-state index in [1.807, 2.05) is 12.1 Å². The molecule has 0 atom stereocenters. The van der Waals surface area contributed by atoms with Crippen molar-refractivity contribution < 1.29 is 14.7 Å². The first kappa shape index (κ1) is 15.3. The van der Waals surface area contributed by atoms with Gasteiger partial charge in [0, 0.05) is 3.57 Å². The van der Waals surface area contributed by atoms with Crippen molar-refractivity contribution in [2.75, 3.05) is 0 Å². The third-order valence-corrected chi connectivity index (χ3v) is 4.95. The van der Waals surface area contributed by atoms with Crippen molar-refractivity contribution in [2.45, 2.75) is 38.1 Å². The maximum atomic E-state index is 12.3. The van der Waals surface area contributed by atoms with Gasteiger partial charge in [0.1, 0.15) is 5.54 Å². The van der Waals surface area contributed by atoms with Gasteiger partial charge in [-0.15, -0.1) is 0 Å². The fourth-order valence-corrected chi connectivity index (χ4v) is 3.21. The fourth-order valence-electron chi connectivity index (χ4n) is 2.58. The second-order valence-corrected chi connectivity index (χ2v) is 6.67. The lowest BCUT2D eigenvalue weighted by Gasteiger charge is -2.36. The first-order valence-electron chi connectivity index (χ1n) is 6.75. The number of carboxylic acids is 1. The Kier molecular flexibility index (Phi) is 4.67. The fraction of sp³-hybridized carbons (Fsp3) is 0.467. The van der Waals surface area contributed by atoms with Crippen LogP contribution >= 0.6 is 22.6 Å². The molecule has 0 aromatic heterocycles. The summed E-state index contributed by atoms with van der Waals surface area (Å²) in [6.45, 7) is 2.12. The molecule has 0 bridgehead atoms. The first-order chi connectivity index (χ1) is 9.44. The van der Waals surface area contributed by atoms with Crippen LogP contribution in [0, 0.1) is 9.49 Å². The van der Waals surface area contributed by atoms with Crippen LogP contribution in [0.15, 0.2) is 24.3 Å². The predicted molar refractivity (Wildman–Crippen MR) is 84.6 cm³/mol. The lowest BCUT2D eigenvalue weighted by Crippen LogP contribution is -2.56. The van der Waals surface area contributed by atoms with Gasteiger partial charge < -0.3 is 10.4 Å². The van der Waals surface area contributed by atoms with Crippen LogP contribution in [0.25, 0.3) is 0 Å². The van der Waals surface area contributed by atoms with Gasteiger partial charge in [0.2, 0.25) is 0 Å². The molecule has 1 aromatic rings. The molecule has 4 nitrogen and oxygen atoms in total. The Balaban J connectivity index is 2.19. The molecule has 2 rings (SSSR count). The molecule has 0 aliphatic heterocycles. The second kappa shape index (κ2) is 6.11. The van der Waals surface area contributed by atoms with E-state index in [-0.39, 0.29) is 5.91 Å². The number of carbonyl (C=O) groups is 2. The zero-order chi connectivity index (χ0) is 14.8. The molecule has 0 unspecified atom stereocenters. The van der Waals surface area contributed by atoms with E-state index in [1.54, 1.807) is 12.1 Å². The van der Waals surface area contributed by atoms with Crippen molar-refractivity contribution in [2.24, 2.45) is 5.92 Å². The van der Waals surface area contributed by atoms with Crippen molar-refractivity contribution in [1.82, 2.24) is 5.32 Å². The van der Waals surface area contributed by atoms with Crippen molar-refractivity contribution in [3.8, 4) is 0 Å². The first-order valence-corrected chi connectivity index (χ1v) is 7.83. The highest BCUT2D eigenvalue weighted by molar-refractivity contribution is 14.1. The molecule has 20 heavy (non-hydrogen) atoms. The molecule has 1 fully saturated rings. The minimum atomic E-state index is -1.11.